The van der Waals surface area contributed by atoms with Crippen molar-refractivity contribution in [3.05, 3.63) is 44.9 Å². The molecule has 3 aromatic rings. The number of halogens is 1. The summed E-state index contributed by atoms with van der Waals surface area (Å²) in [6.45, 7) is 8.00. The first kappa shape index (κ1) is 23.0. The summed E-state index contributed by atoms with van der Waals surface area (Å²) >= 11 is 14.2. The van der Waals surface area contributed by atoms with Crippen LogP contribution in [0, 0.1) is 27.7 Å². The van der Waals surface area contributed by atoms with Crippen LogP contribution in [0.5, 0.6) is 0 Å². The van der Waals surface area contributed by atoms with Crippen molar-refractivity contribution >= 4 is 61.3 Å². The molecule has 4 heterocycles. The Bertz CT molecular complexity index is 951. The zero-order chi connectivity index (χ0) is 17.4. The van der Waals surface area contributed by atoms with Crippen LogP contribution < -0.4 is 0 Å². The van der Waals surface area contributed by atoms with Gasteiger partial charge >= 0.3 is 0 Å². The van der Waals surface area contributed by atoms with Crippen molar-refractivity contribution in [3.63, 3.8) is 0 Å². The van der Waals surface area contributed by atoms with Gasteiger partial charge in [-0.1, -0.05) is 50.4 Å². The lowest BCUT2D eigenvalue weighted by Gasteiger charge is -2.02. The maximum absolute atomic E-state index is 5.79. The molecular formula is C19H24ClN3S3. The molecule has 0 aromatic carbocycles. The van der Waals surface area contributed by atoms with Crippen LogP contribution in [0.25, 0.3) is 10.2 Å². The Morgan fingerprint density at radius 1 is 0.962 bits per heavy atom. The lowest BCUT2D eigenvalue weighted by atomic mass is 10.1. The van der Waals surface area contributed by atoms with Crippen molar-refractivity contribution in [2.75, 3.05) is 0 Å². The summed E-state index contributed by atoms with van der Waals surface area (Å²) in [5.74, 6) is 0. The minimum Gasteiger partial charge on any atom is -0.258 e. The maximum Gasteiger partial charge on any atom is 0.184 e. The molecule has 0 aliphatic carbocycles. The number of thiocarbonyl (C=S) groups is 1. The number of pyridine rings is 2. The van der Waals surface area contributed by atoms with Gasteiger partial charge in [-0.3, -0.25) is 9.97 Å². The van der Waals surface area contributed by atoms with Gasteiger partial charge in [-0.05, 0) is 45.4 Å². The zero-order valence-corrected chi connectivity index (χ0v) is 17.0. The largest absolute Gasteiger partial charge is 0.258 e. The van der Waals surface area contributed by atoms with Crippen molar-refractivity contribution < 1.29 is 0 Å². The van der Waals surface area contributed by atoms with Gasteiger partial charge in [0.2, 0.25) is 0 Å². The molecule has 4 rings (SSSR count). The number of fused-ring (bicyclic) bond motifs is 2. The highest BCUT2D eigenvalue weighted by atomic mass is 35.5. The van der Waals surface area contributed by atoms with Crippen LogP contribution in [0.4, 0.5) is 0 Å². The lowest BCUT2D eigenvalue weighted by molar-refractivity contribution is 1.03. The monoisotopic (exact) mass is 425 g/mol. The van der Waals surface area contributed by atoms with Gasteiger partial charge < -0.3 is 0 Å². The van der Waals surface area contributed by atoms with Gasteiger partial charge in [-0.15, -0.1) is 11.3 Å². The minimum absolute atomic E-state index is 0. The molecule has 0 amide bonds. The summed E-state index contributed by atoms with van der Waals surface area (Å²) < 4.78 is 2.77. The van der Waals surface area contributed by atoms with E-state index in [2.05, 4.69) is 27.9 Å². The first-order chi connectivity index (χ1) is 11.3. The van der Waals surface area contributed by atoms with Gasteiger partial charge in [0.1, 0.15) is 5.52 Å². The predicted molar refractivity (Wildman–Crippen MR) is 121 cm³/mol. The van der Waals surface area contributed by atoms with Crippen molar-refractivity contribution in [3.8, 4) is 0 Å². The van der Waals surface area contributed by atoms with E-state index in [4.69, 9.17) is 23.8 Å². The molecule has 26 heavy (non-hydrogen) atoms. The van der Waals surface area contributed by atoms with E-state index in [9.17, 15) is 0 Å². The molecule has 0 radical (unpaired) electrons. The Kier molecular flexibility index (Phi) is 8.14. The summed E-state index contributed by atoms with van der Waals surface area (Å²) in [7, 11) is 0. The van der Waals surface area contributed by atoms with Gasteiger partial charge in [0.25, 0.3) is 0 Å². The van der Waals surface area contributed by atoms with Crippen LogP contribution in [0.15, 0.2) is 17.0 Å². The van der Waals surface area contributed by atoms with Crippen molar-refractivity contribution in [1.82, 2.24) is 15.0 Å². The molecule has 0 bridgehead atoms. The van der Waals surface area contributed by atoms with Gasteiger partial charge in [0.05, 0.1) is 14.6 Å². The first-order valence-corrected chi connectivity index (χ1v) is 9.83. The molecule has 0 unspecified atom stereocenters. The van der Waals surface area contributed by atoms with Crippen molar-refractivity contribution in [1.29, 1.82) is 0 Å². The number of thioether (sulfide) groups is 1. The van der Waals surface area contributed by atoms with E-state index < -0.39 is 0 Å². The van der Waals surface area contributed by atoms with Gasteiger partial charge in [-0.25, -0.2) is 4.98 Å². The highest BCUT2D eigenvalue weighted by Crippen LogP contribution is 2.35. The molecular weight excluding hydrogens is 402 g/mol. The summed E-state index contributed by atoms with van der Waals surface area (Å²) in [6, 6.07) is 4.12. The maximum atomic E-state index is 5.79. The molecule has 1 aliphatic rings. The topological polar surface area (TPSA) is 38.7 Å². The Balaban J connectivity index is 0.000000241. The Morgan fingerprint density at radius 2 is 1.58 bits per heavy atom. The molecule has 140 valence electrons. The summed E-state index contributed by atoms with van der Waals surface area (Å²) in [5, 5.41) is 0. The molecule has 1 aliphatic heterocycles. The SMILES string of the molecule is C.C.Cc1cc2c(c(C)n1)CC(=S)S2.Cc1cc2sc(Cl)nc2c(C)n1. The molecule has 0 spiro atoms. The number of nitrogens with zero attached hydrogens (tertiary/aromatic N) is 3. The number of rotatable bonds is 0. The quantitative estimate of drug-likeness (QED) is 0.366. The lowest BCUT2D eigenvalue weighted by Crippen LogP contribution is -1.93. The van der Waals surface area contributed by atoms with Gasteiger partial charge in [0, 0.05) is 28.4 Å². The first-order valence-electron chi connectivity index (χ1n) is 7.41. The summed E-state index contributed by atoms with van der Waals surface area (Å²) in [6.07, 6.45) is 0.925. The fourth-order valence-corrected chi connectivity index (χ4v) is 5.25. The molecule has 0 saturated carbocycles. The molecule has 7 heteroatoms. The average Bonchev–Trinajstić information content (AvgIpc) is 3.01. The molecule has 0 fully saturated rings. The molecule has 0 saturated heterocycles. The van der Waals surface area contributed by atoms with Gasteiger partial charge in [-0.2, -0.15) is 0 Å². The van der Waals surface area contributed by atoms with Crippen molar-refractivity contribution in [2.24, 2.45) is 0 Å². The van der Waals surface area contributed by atoms with E-state index in [1.165, 1.54) is 21.8 Å². The molecule has 3 aromatic heterocycles. The fraction of sp³-hybridized carbons (Fsp3) is 0.368. The van der Waals surface area contributed by atoms with Crippen LogP contribution in [0.2, 0.25) is 4.47 Å². The fourth-order valence-electron chi connectivity index (χ4n) is 2.63. The highest BCUT2D eigenvalue weighted by Gasteiger charge is 2.19. The van der Waals surface area contributed by atoms with Crippen LogP contribution in [-0.2, 0) is 6.42 Å². The van der Waals surface area contributed by atoms with E-state index in [1.54, 1.807) is 11.8 Å². The average molecular weight is 426 g/mol. The van der Waals surface area contributed by atoms with Crippen LogP contribution in [0.3, 0.4) is 0 Å². The zero-order valence-electron chi connectivity index (χ0n) is 13.8. The molecule has 0 atom stereocenters. The minimum atomic E-state index is 0. The van der Waals surface area contributed by atoms with E-state index in [-0.39, 0.29) is 14.9 Å². The van der Waals surface area contributed by atoms with Crippen LogP contribution in [0.1, 0.15) is 43.2 Å². The Morgan fingerprint density at radius 3 is 2.27 bits per heavy atom. The third-order valence-electron chi connectivity index (χ3n) is 3.62. The third kappa shape index (κ3) is 5.00. The van der Waals surface area contributed by atoms with E-state index in [1.807, 2.05) is 26.8 Å². The second kappa shape index (κ2) is 9.22. The van der Waals surface area contributed by atoms with E-state index >= 15 is 0 Å². The van der Waals surface area contributed by atoms with E-state index in [0.717, 1.165) is 43.6 Å². The number of hydrogen-bond donors (Lipinski definition) is 0. The van der Waals surface area contributed by atoms with Crippen LogP contribution in [-0.4, -0.2) is 19.1 Å². The van der Waals surface area contributed by atoms with E-state index in [0.29, 0.717) is 4.47 Å². The van der Waals surface area contributed by atoms with Crippen molar-refractivity contribution in [2.45, 2.75) is 53.9 Å². The second-order valence-electron chi connectivity index (χ2n) is 5.64. The number of aryl methyl sites for hydroxylation is 4. The molecule has 3 nitrogen and oxygen atoms in total. The Labute approximate surface area is 174 Å². The van der Waals surface area contributed by atoms with Crippen LogP contribution >= 0.6 is 46.9 Å². The summed E-state index contributed by atoms with van der Waals surface area (Å²) in [5.41, 5.74) is 6.44. The number of hydrogen-bond acceptors (Lipinski definition) is 6. The number of aromatic nitrogens is 3. The Hall–Kier alpha value is -1.08. The summed E-state index contributed by atoms with van der Waals surface area (Å²) in [4.78, 5) is 14.2. The second-order valence-corrected chi connectivity index (χ2v) is 9.14. The standard InChI is InChI=1S/C9H9NS2.C8H7ClN2S.2CH4/c1-5-3-8-7(6(2)10-5)4-9(11)12-8;1-4-3-6-7(5(2)10-4)11-8(9)12-6;;/h3H,4H2,1-2H3;3H,1-2H3;2*1H4. The molecule has 0 N–H and O–H groups in total. The highest BCUT2D eigenvalue weighted by molar-refractivity contribution is 8.23. The third-order valence-corrected chi connectivity index (χ3v) is 6.07. The normalized spacial score (nSPS) is 12.0. The van der Waals surface area contributed by atoms with Gasteiger partial charge in [0.15, 0.2) is 4.47 Å². The number of thiazole rings is 1. The smallest absolute Gasteiger partial charge is 0.184 e. The predicted octanol–water partition coefficient (Wildman–Crippen LogP) is 6.91.